The number of hydrogen-bond acceptors (Lipinski definition) is 3. The molecule has 0 atom stereocenters. The van der Waals surface area contributed by atoms with Crippen molar-refractivity contribution in [2.75, 3.05) is 14.2 Å². The first-order valence-electron chi connectivity index (χ1n) is 8.20. The number of benzene rings is 1. The highest BCUT2D eigenvalue weighted by Gasteiger charge is 2.20. The SMILES string of the molecule is CCCC1CCC(NCc2cc(OC)cc(OC)c2)CC1. The van der Waals surface area contributed by atoms with Crippen molar-refractivity contribution in [2.24, 2.45) is 5.92 Å². The normalized spacial score (nSPS) is 22.0. The molecule has 1 aliphatic rings. The molecule has 1 N–H and O–H groups in total. The number of ether oxygens (including phenoxy) is 2. The minimum atomic E-state index is 0.662. The Labute approximate surface area is 129 Å². The van der Waals surface area contributed by atoms with Crippen LogP contribution in [0.15, 0.2) is 18.2 Å². The maximum atomic E-state index is 5.32. The minimum Gasteiger partial charge on any atom is -0.497 e. The van der Waals surface area contributed by atoms with Gasteiger partial charge < -0.3 is 14.8 Å². The predicted molar refractivity (Wildman–Crippen MR) is 87.0 cm³/mol. The van der Waals surface area contributed by atoms with Gasteiger partial charge in [0.05, 0.1) is 14.2 Å². The molecule has 0 spiro atoms. The second kappa shape index (κ2) is 8.28. The van der Waals surface area contributed by atoms with E-state index in [1.165, 1.54) is 44.1 Å². The summed E-state index contributed by atoms with van der Waals surface area (Å²) in [5.74, 6) is 2.68. The Hall–Kier alpha value is -1.22. The van der Waals surface area contributed by atoms with Gasteiger partial charge in [-0.25, -0.2) is 0 Å². The van der Waals surface area contributed by atoms with E-state index in [2.05, 4.69) is 24.4 Å². The van der Waals surface area contributed by atoms with Gasteiger partial charge >= 0.3 is 0 Å². The standard InChI is InChI=1S/C18H29NO2/c1-4-5-14-6-8-16(9-7-14)19-13-15-10-17(20-2)12-18(11-15)21-3/h10-12,14,16,19H,4-9,13H2,1-3H3. The van der Waals surface area contributed by atoms with Gasteiger partial charge in [-0.05, 0) is 49.3 Å². The zero-order valence-corrected chi connectivity index (χ0v) is 13.7. The molecule has 3 heteroatoms. The molecular weight excluding hydrogens is 262 g/mol. The Morgan fingerprint density at radius 2 is 1.62 bits per heavy atom. The molecule has 3 nitrogen and oxygen atoms in total. The van der Waals surface area contributed by atoms with E-state index in [9.17, 15) is 0 Å². The number of hydrogen-bond donors (Lipinski definition) is 1. The summed E-state index contributed by atoms with van der Waals surface area (Å²) in [5.41, 5.74) is 1.22. The molecule has 1 fully saturated rings. The van der Waals surface area contributed by atoms with Crippen molar-refractivity contribution in [1.29, 1.82) is 0 Å². The first-order chi connectivity index (χ1) is 10.2. The zero-order chi connectivity index (χ0) is 15.1. The van der Waals surface area contributed by atoms with Gasteiger partial charge in [-0.15, -0.1) is 0 Å². The van der Waals surface area contributed by atoms with Crippen molar-refractivity contribution >= 4 is 0 Å². The summed E-state index contributed by atoms with van der Waals surface area (Å²) in [6.45, 7) is 3.18. The van der Waals surface area contributed by atoms with Crippen molar-refractivity contribution in [3.63, 3.8) is 0 Å². The van der Waals surface area contributed by atoms with Crippen molar-refractivity contribution < 1.29 is 9.47 Å². The molecule has 0 radical (unpaired) electrons. The van der Waals surface area contributed by atoms with E-state index < -0.39 is 0 Å². The first kappa shape index (κ1) is 16.2. The summed E-state index contributed by atoms with van der Waals surface area (Å²) >= 11 is 0. The third-order valence-corrected chi connectivity index (χ3v) is 4.55. The second-order valence-corrected chi connectivity index (χ2v) is 6.11. The van der Waals surface area contributed by atoms with Gasteiger partial charge in [0.25, 0.3) is 0 Å². The third kappa shape index (κ3) is 4.92. The number of nitrogens with one attached hydrogen (secondary N) is 1. The smallest absolute Gasteiger partial charge is 0.122 e. The van der Waals surface area contributed by atoms with Gasteiger partial charge in [0.1, 0.15) is 11.5 Å². The van der Waals surface area contributed by atoms with Crippen LogP contribution in [-0.4, -0.2) is 20.3 Å². The Morgan fingerprint density at radius 1 is 1.00 bits per heavy atom. The Morgan fingerprint density at radius 3 is 2.14 bits per heavy atom. The van der Waals surface area contributed by atoms with Crippen molar-refractivity contribution in [2.45, 2.75) is 58.0 Å². The van der Waals surface area contributed by atoms with Crippen LogP contribution in [-0.2, 0) is 6.54 Å². The van der Waals surface area contributed by atoms with Crippen LogP contribution in [0.3, 0.4) is 0 Å². The quantitative estimate of drug-likeness (QED) is 0.818. The van der Waals surface area contributed by atoms with Crippen LogP contribution in [0.25, 0.3) is 0 Å². The van der Waals surface area contributed by atoms with Gasteiger partial charge in [-0.3, -0.25) is 0 Å². The van der Waals surface area contributed by atoms with Crippen LogP contribution >= 0.6 is 0 Å². The lowest BCUT2D eigenvalue weighted by Crippen LogP contribution is -2.32. The van der Waals surface area contributed by atoms with Crippen LogP contribution in [0, 0.1) is 5.92 Å². The maximum Gasteiger partial charge on any atom is 0.122 e. The highest BCUT2D eigenvalue weighted by Crippen LogP contribution is 2.28. The molecule has 1 saturated carbocycles. The average Bonchev–Trinajstić information content (AvgIpc) is 2.54. The summed E-state index contributed by atoms with van der Waals surface area (Å²) in [6.07, 6.45) is 8.11. The van der Waals surface area contributed by atoms with E-state index >= 15 is 0 Å². The van der Waals surface area contributed by atoms with Gasteiger partial charge in [0.15, 0.2) is 0 Å². The molecule has 1 aromatic rings. The third-order valence-electron chi connectivity index (χ3n) is 4.55. The molecule has 118 valence electrons. The molecule has 2 rings (SSSR count). The maximum absolute atomic E-state index is 5.32. The van der Waals surface area contributed by atoms with Gasteiger partial charge in [-0.1, -0.05) is 19.8 Å². The van der Waals surface area contributed by atoms with E-state index in [-0.39, 0.29) is 0 Å². The fourth-order valence-corrected chi connectivity index (χ4v) is 3.29. The van der Waals surface area contributed by atoms with Gasteiger partial charge in [0, 0.05) is 18.7 Å². The van der Waals surface area contributed by atoms with Crippen LogP contribution in [0.4, 0.5) is 0 Å². The fraction of sp³-hybridized carbons (Fsp3) is 0.667. The van der Waals surface area contributed by atoms with E-state index in [0.29, 0.717) is 6.04 Å². The molecule has 21 heavy (non-hydrogen) atoms. The molecule has 0 aliphatic heterocycles. The number of methoxy groups -OCH3 is 2. The second-order valence-electron chi connectivity index (χ2n) is 6.11. The lowest BCUT2D eigenvalue weighted by molar-refractivity contribution is 0.277. The minimum absolute atomic E-state index is 0.662. The first-order valence-corrected chi connectivity index (χ1v) is 8.20. The van der Waals surface area contributed by atoms with Crippen LogP contribution in [0.2, 0.25) is 0 Å². The summed E-state index contributed by atoms with van der Waals surface area (Å²) < 4.78 is 10.6. The van der Waals surface area contributed by atoms with Gasteiger partial charge in [0.2, 0.25) is 0 Å². The lowest BCUT2D eigenvalue weighted by Gasteiger charge is -2.29. The highest BCUT2D eigenvalue weighted by molar-refractivity contribution is 5.38. The number of rotatable bonds is 7. The van der Waals surface area contributed by atoms with Crippen molar-refractivity contribution in [3.8, 4) is 11.5 Å². The largest absolute Gasteiger partial charge is 0.497 e. The summed E-state index contributed by atoms with van der Waals surface area (Å²) in [4.78, 5) is 0. The Kier molecular flexibility index (Phi) is 6.37. The zero-order valence-electron chi connectivity index (χ0n) is 13.7. The molecule has 1 aliphatic carbocycles. The topological polar surface area (TPSA) is 30.5 Å². The van der Waals surface area contributed by atoms with E-state index in [1.54, 1.807) is 14.2 Å². The van der Waals surface area contributed by atoms with Crippen molar-refractivity contribution in [3.05, 3.63) is 23.8 Å². The highest BCUT2D eigenvalue weighted by atomic mass is 16.5. The van der Waals surface area contributed by atoms with E-state index in [0.717, 1.165) is 24.0 Å². The van der Waals surface area contributed by atoms with Crippen LogP contribution < -0.4 is 14.8 Å². The Bertz CT molecular complexity index is 403. The molecule has 0 unspecified atom stereocenters. The van der Waals surface area contributed by atoms with E-state index in [1.807, 2.05) is 6.07 Å². The molecule has 0 heterocycles. The molecule has 0 amide bonds. The monoisotopic (exact) mass is 291 g/mol. The van der Waals surface area contributed by atoms with Crippen molar-refractivity contribution in [1.82, 2.24) is 5.32 Å². The molecule has 0 bridgehead atoms. The average molecular weight is 291 g/mol. The summed E-state index contributed by atoms with van der Waals surface area (Å²) in [5, 5.41) is 3.69. The molecule has 1 aromatic carbocycles. The molecule has 0 aromatic heterocycles. The fourth-order valence-electron chi connectivity index (χ4n) is 3.29. The summed E-state index contributed by atoms with van der Waals surface area (Å²) in [6, 6.07) is 6.74. The van der Waals surface area contributed by atoms with Crippen LogP contribution in [0.1, 0.15) is 51.0 Å². The van der Waals surface area contributed by atoms with E-state index in [4.69, 9.17) is 9.47 Å². The molecular formula is C18H29NO2. The molecule has 0 saturated heterocycles. The lowest BCUT2D eigenvalue weighted by atomic mass is 9.83. The Balaban J connectivity index is 1.83. The van der Waals surface area contributed by atoms with Crippen LogP contribution in [0.5, 0.6) is 11.5 Å². The van der Waals surface area contributed by atoms with Gasteiger partial charge in [-0.2, -0.15) is 0 Å². The predicted octanol–water partition coefficient (Wildman–Crippen LogP) is 4.15. The summed E-state index contributed by atoms with van der Waals surface area (Å²) in [7, 11) is 3.39.